The van der Waals surface area contributed by atoms with Gasteiger partial charge in [-0.25, -0.2) is 4.63 Å². The second-order valence-corrected chi connectivity index (χ2v) is 1.42. The van der Waals surface area contributed by atoms with Gasteiger partial charge in [0.15, 0.2) is 5.69 Å². The molecule has 9 heavy (non-hydrogen) atoms. The molecule has 0 aliphatic heterocycles. The third kappa shape index (κ3) is 0.996. The predicted molar refractivity (Wildman–Crippen MR) is 28.7 cm³/mol. The van der Waals surface area contributed by atoms with Gasteiger partial charge in [0.2, 0.25) is 0 Å². The van der Waals surface area contributed by atoms with E-state index in [0.29, 0.717) is 11.6 Å². The number of hydrogen-bond donors (Lipinski definition) is 1. The molecule has 0 aromatic carbocycles. The van der Waals surface area contributed by atoms with Crippen molar-refractivity contribution in [2.45, 2.75) is 6.54 Å². The van der Waals surface area contributed by atoms with Gasteiger partial charge < -0.3 is 10.5 Å². The molecule has 0 spiro atoms. The van der Waals surface area contributed by atoms with Crippen molar-refractivity contribution in [1.29, 1.82) is 0 Å². The zero-order valence-electron chi connectivity index (χ0n) is 5.00. The number of rotatable bonds is 2. The van der Waals surface area contributed by atoms with Crippen molar-refractivity contribution in [3.8, 4) is 5.88 Å². The molecule has 5 nitrogen and oxygen atoms in total. The van der Waals surface area contributed by atoms with Gasteiger partial charge in [0.25, 0.3) is 5.88 Å². The number of methoxy groups -OCH3 is 1. The molecule has 1 aromatic heterocycles. The summed E-state index contributed by atoms with van der Waals surface area (Å²) in [6.45, 7) is 0.284. The predicted octanol–water partition coefficient (Wildman–Crippen LogP) is -0.463. The maximum Gasteiger partial charge on any atom is 0.280 e. The minimum absolute atomic E-state index is 0.284. The van der Waals surface area contributed by atoms with Crippen LogP contribution in [0.4, 0.5) is 0 Å². The summed E-state index contributed by atoms with van der Waals surface area (Å²) in [6.07, 6.45) is 0. The van der Waals surface area contributed by atoms with Gasteiger partial charge in [-0.15, -0.1) is 0 Å². The summed E-state index contributed by atoms with van der Waals surface area (Å²) in [5.41, 5.74) is 5.77. The van der Waals surface area contributed by atoms with Gasteiger partial charge in [-0.1, -0.05) is 0 Å². The van der Waals surface area contributed by atoms with Gasteiger partial charge in [-0.2, -0.15) is 0 Å². The lowest BCUT2D eigenvalue weighted by molar-refractivity contribution is 0.280. The Labute approximate surface area is 51.8 Å². The SMILES string of the molecule is COc1nonc1CN. The van der Waals surface area contributed by atoms with Crippen molar-refractivity contribution >= 4 is 0 Å². The molecule has 0 fully saturated rings. The standard InChI is InChI=1S/C4H7N3O2/c1-8-4-3(2-5)6-9-7-4/h2,5H2,1H3. The topological polar surface area (TPSA) is 74.2 Å². The van der Waals surface area contributed by atoms with Crippen LogP contribution in [0.25, 0.3) is 0 Å². The van der Waals surface area contributed by atoms with Gasteiger partial charge in [0, 0.05) is 6.54 Å². The molecule has 0 atom stereocenters. The quantitative estimate of drug-likeness (QED) is 0.584. The molecule has 1 rings (SSSR count). The first kappa shape index (κ1) is 6.03. The first-order chi connectivity index (χ1) is 4.38. The van der Waals surface area contributed by atoms with Crippen LogP contribution in [0.3, 0.4) is 0 Å². The fourth-order valence-corrected chi connectivity index (χ4v) is 0.478. The molecule has 1 heterocycles. The van der Waals surface area contributed by atoms with Crippen LogP contribution < -0.4 is 10.5 Å². The van der Waals surface area contributed by atoms with Crippen molar-refractivity contribution in [2.24, 2.45) is 5.73 Å². The monoisotopic (exact) mass is 129 g/mol. The highest BCUT2D eigenvalue weighted by Crippen LogP contribution is 2.08. The van der Waals surface area contributed by atoms with E-state index >= 15 is 0 Å². The van der Waals surface area contributed by atoms with E-state index in [9.17, 15) is 0 Å². The molecule has 2 N–H and O–H groups in total. The van der Waals surface area contributed by atoms with Crippen molar-refractivity contribution in [3.63, 3.8) is 0 Å². The number of nitrogens with zero attached hydrogens (tertiary/aromatic N) is 2. The molecule has 0 saturated carbocycles. The van der Waals surface area contributed by atoms with E-state index in [1.165, 1.54) is 7.11 Å². The lowest BCUT2D eigenvalue weighted by atomic mass is 10.5. The van der Waals surface area contributed by atoms with Gasteiger partial charge in [0.05, 0.1) is 7.11 Å². The highest BCUT2D eigenvalue weighted by atomic mass is 16.6. The van der Waals surface area contributed by atoms with Crippen molar-refractivity contribution in [3.05, 3.63) is 5.69 Å². The van der Waals surface area contributed by atoms with E-state index < -0.39 is 0 Å². The molecule has 0 unspecified atom stereocenters. The van der Waals surface area contributed by atoms with Crippen molar-refractivity contribution in [1.82, 2.24) is 10.3 Å². The Morgan fingerprint density at radius 3 is 2.89 bits per heavy atom. The average molecular weight is 129 g/mol. The number of aromatic nitrogens is 2. The fraction of sp³-hybridized carbons (Fsp3) is 0.500. The minimum Gasteiger partial charge on any atom is -0.477 e. The van der Waals surface area contributed by atoms with Crippen LogP contribution in [-0.2, 0) is 6.54 Å². The fourth-order valence-electron chi connectivity index (χ4n) is 0.478. The Morgan fingerprint density at radius 1 is 1.67 bits per heavy atom. The number of nitrogens with two attached hydrogens (primary N) is 1. The molecule has 0 aliphatic rings. The lowest BCUT2D eigenvalue weighted by Gasteiger charge is -1.89. The normalized spacial score (nSPS) is 9.56. The van der Waals surface area contributed by atoms with Crippen LogP contribution in [-0.4, -0.2) is 17.4 Å². The second kappa shape index (κ2) is 2.45. The summed E-state index contributed by atoms with van der Waals surface area (Å²) in [5.74, 6) is 0.359. The molecule has 0 radical (unpaired) electrons. The van der Waals surface area contributed by atoms with E-state index in [0.717, 1.165) is 0 Å². The van der Waals surface area contributed by atoms with E-state index in [2.05, 4.69) is 14.9 Å². The van der Waals surface area contributed by atoms with Gasteiger partial charge in [-0.3, -0.25) is 0 Å². The summed E-state index contributed by atoms with van der Waals surface area (Å²) in [6, 6.07) is 0. The molecular weight excluding hydrogens is 122 g/mol. The van der Waals surface area contributed by atoms with E-state index in [1.54, 1.807) is 0 Å². The van der Waals surface area contributed by atoms with Crippen molar-refractivity contribution < 1.29 is 9.37 Å². The lowest BCUT2D eigenvalue weighted by Crippen LogP contribution is -1.98. The smallest absolute Gasteiger partial charge is 0.280 e. The zero-order valence-corrected chi connectivity index (χ0v) is 5.00. The van der Waals surface area contributed by atoms with Crippen LogP contribution in [0.2, 0.25) is 0 Å². The maximum absolute atomic E-state index is 5.23. The van der Waals surface area contributed by atoms with Gasteiger partial charge in [-0.05, 0) is 10.3 Å². The molecule has 50 valence electrons. The van der Waals surface area contributed by atoms with E-state index in [-0.39, 0.29) is 6.54 Å². The molecule has 0 aliphatic carbocycles. The first-order valence-electron chi connectivity index (χ1n) is 2.44. The molecular formula is C4H7N3O2. The summed E-state index contributed by atoms with van der Waals surface area (Å²) in [5, 5.41) is 6.89. The summed E-state index contributed by atoms with van der Waals surface area (Å²) in [7, 11) is 1.48. The molecule has 1 aromatic rings. The largest absolute Gasteiger partial charge is 0.477 e. The summed E-state index contributed by atoms with van der Waals surface area (Å²) >= 11 is 0. The highest BCUT2D eigenvalue weighted by Gasteiger charge is 2.05. The van der Waals surface area contributed by atoms with Crippen LogP contribution in [0.5, 0.6) is 5.88 Å². The third-order valence-electron chi connectivity index (χ3n) is 0.908. The van der Waals surface area contributed by atoms with Crippen LogP contribution in [0.15, 0.2) is 4.63 Å². The Hall–Kier alpha value is -1.10. The molecule has 0 bridgehead atoms. The number of hydrogen-bond acceptors (Lipinski definition) is 5. The van der Waals surface area contributed by atoms with E-state index in [1.807, 2.05) is 0 Å². The van der Waals surface area contributed by atoms with Crippen LogP contribution >= 0.6 is 0 Å². The first-order valence-corrected chi connectivity index (χ1v) is 2.44. The Morgan fingerprint density at radius 2 is 2.44 bits per heavy atom. The zero-order chi connectivity index (χ0) is 6.69. The van der Waals surface area contributed by atoms with Gasteiger partial charge in [0.1, 0.15) is 0 Å². The number of ether oxygens (including phenoxy) is 1. The Balaban J connectivity index is 2.85. The van der Waals surface area contributed by atoms with E-state index in [4.69, 9.17) is 10.5 Å². The highest BCUT2D eigenvalue weighted by molar-refractivity contribution is 5.12. The molecule has 0 amide bonds. The minimum atomic E-state index is 0.284. The molecule has 5 heteroatoms. The van der Waals surface area contributed by atoms with Crippen LogP contribution in [0, 0.1) is 0 Å². The van der Waals surface area contributed by atoms with Crippen LogP contribution in [0.1, 0.15) is 5.69 Å². The Kier molecular flexibility index (Phi) is 1.64. The molecule has 0 saturated heterocycles. The van der Waals surface area contributed by atoms with Crippen molar-refractivity contribution in [2.75, 3.05) is 7.11 Å². The third-order valence-corrected chi connectivity index (χ3v) is 0.908. The second-order valence-electron chi connectivity index (χ2n) is 1.42. The van der Waals surface area contributed by atoms with Gasteiger partial charge >= 0.3 is 0 Å². The average Bonchev–Trinajstić information content (AvgIpc) is 2.33. The summed E-state index contributed by atoms with van der Waals surface area (Å²) in [4.78, 5) is 0. The Bertz CT molecular complexity index is 167. The maximum atomic E-state index is 5.23. The summed E-state index contributed by atoms with van der Waals surface area (Å²) < 4.78 is 9.05.